The van der Waals surface area contributed by atoms with Crippen LogP contribution < -0.4 is 10.6 Å². The van der Waals surface area contributed by atoms with E-state index >= 15 is 0 Å². The van der Waals surface area contributed by atoms with Gasteiger partial charge in [0.15, 0.2) is 0 Å². The smallest absolute Gasteiger partial charge is 0.236 e. The molecule has 0 unspecified atom stereocenters. The lowest BCUT2D eigenvalue weighted by Crippen LogP contribution is -2.51. The number of nitrogens with zero attached hydrogens (tertiary/aromatic N) is 3. The average molecular weight is 321 g/mol. The van der Waals surface area contributed by atoms with Crippen molar-refractivity contribution in [3.63, 3.8) is 0 Å². The second-order valence-corrected chi connectivity index (χ2v) is 6.40. The van der Waals surface area contributed by atoms with Gasteiger partial charge in [-0.3, -0.25) is 14.3 Å². The van der Waals surface area contributed by atoms with Gasteiger partial charge in [0.05, 0.1) is 19.3 Å². The van der Waals surface area contributed by atoms with E-state index in [1.165, 1.54) is 6.92 Å². The molecule has 0 spiro atoms. The van der Waals surface area contributed by atoms with Crippen molar-refractivity contribution in [2.45, 2.75) is 52.2 Å². The molecule has 0 saturated carbocycles. The highest BCUT2D eigenvalue weighted by Gasteiger charge is 2.24. The molecule has 23 heavy (non-hydrogen) atoms. The highest BCUT2D eigenvalue weighted by Crippen LogP contribution is 2.10. The summed E-state index contributed by atoms with van der Waals surface area (Å²) in [4.78, 5) is 25.3. The lowest BCUT2D eigenvalue weighted by atomic mass is 10.1. The Morgan fingerprint density at radius 1 is 1.48 bits per heavy atom. The Morgan fingerprint density at radius 3 is 2.91 bits per heavy atom. The van der Waals surface area contributed by atoms with Gasteiger partial charge >= 0.3 is 0 Å². The van der Waals surface area contributed by atoms with E-state index in [-0.39, 0.29) is 23.9 Å². The molecule has 2 atom stereocenters. The van der Waals surface area contributed by atoms with Crippen LogP contribution in [0.25, 0.3) is 0 Å². The van der Waals surface area contributed by atoms with Crippen molar-refractivity contribution in [3.8, 4) is 0 Å². The molecule has 7 nitrogen and oxygen atoms in total. The molecule has 2 amide bonds. The molecule has 7 heteroatoms. The Balaban J connectivity index is 1.74. The van der Waals surface area contributed by atoms with Crippen LogP contribution in [0.5, 0.6) is 0 Å². The van der Waals surface area contributed by atoms with Crippen molar-refractivity contribution >= 4 is 11.8 Å². The standard InChI is InChI=1S/C16H27N5O2/c1-12-7-18-21(9-12)10-13(2)17-8-16(23)20-6-4-5-15(11-20)19-14(3)22/h7,9,13,15,17H,4-6,8,10-11H2,1-3H3,(H,19,22)/t13-,15-/m0/s1. The van der Waals surface area contributed by atoms with E-state index in [2.05, 4.69) is 15.7 Å². The van der Waals surface area contributed by atoms with Crippen LogP contribution in [0.2, 0.25) is 0 Å². The molecule has 0 aliphatic carbocycles. The van der Waals surface area contributed by atoms with E-state index in [1.54, 1.807) is 0 Å². The number of carbonyl (C=O) groups excluding carboxylic acids is 2. The van der Waals surface area contributed by atoms with Crippen molar-refractivity contribution in [2.24, 2.45) is 0 Å². The van der Waals surface area contributed by atoms with Gasteiger partial charge in [-0.05, 0) is 32.3 Å². The van der Waals surface area contributed by atoms with Gasteiger partial charge in [-0.1, -0.05) is 0 Å². The number of aromatic nitrogens is 2. The molecule has 2 N–H and O–H groups in total. The fourth-order valence-electron chi connectivity index (χ4n) is 2.89. The zero-order valence-corrected chi connectivity index (χ0v) is 14.2. The van der Waals surface area contributed by atoms with Gasteiger partial charge in [-0.2, -0.15) is 5.10 Å². The van der Waals surface area contributed by atoms with Crippen LogP contribution in [-0.4, -0.2) is 58.2 Å². The maximum atomic E-state index is 12.3. The predicted molar refractivity (Wildman–Crippen MR) is 87.8 cm³/mol. The normalized spacial score (nSPS) is 19.4. The molecule has 0 aromatic carbocycles. The van der Waals surface area contributed by atoms with Crippen LogP contribution in [0.1, 0.15) is 32.3 Å². The topological polar surface area (TPSA) is 79.3 Å². The molecule has 128 valence electrons. The quantitative estimate of drug-likeness (QED) is 0.790. The summed E-state index contributed by atoms with van der Waals surface area (Å²) < 4.78 is 1.88. The molecular formula is C16H27N5O2. The van der Waals surface area contributed by atoms with E-state index in [9.17, 15) is 9.59 Å². The summed E-state index contributed by atoms with van der Waals surface area (Å²) in [6.45, 7) is 7.98. The molecule has 1 fully saturated rings. The fourth-order valence-corrected chi connectivity index (χ4v) is 2.89. The number of rotatable bonds is 6. The van der Waals surface area contributed by atoms with Gasteiger partial charge in [0.2, 0.25) is 11.8 Å². The summed E-state index contributed by atoms with van der Waals surface area (Å²) in [5.41, 5.74) is 1.13. The lowest BCUT2D eigenvalue weighted by Gasteiger charge is -2.33. The minimum Gasteiger partial charge on any atom is -0.352 e. The number of hydrogen-bond acceptors (Lipinski definition) is 4. The van der Waals surface area contributed by atoms with Gasteiger partial charge in [-0.25, -0.2) is 0 Å². The third kappa shape index (κ3) is 5.67. The second kappa shape index (κ2) is 8.10. The number of piperidine rings is 1. The van der Waals surface area contributed by atoms with E-state index in [1.807, 2.05) is 35.8 Å². The van der Waals surface area contributed by atoms with Crippen LogP contribution in [0.4, 0.5) is 0 Å². The Labute approximate surface area is 137 Å². The summed E-state index contributed by atoms with van der Waals surface area (Å²) >= 11 is 0. The molecule has 1 aliphatic heterocycles. The van der Waals surface area contributed by atoms with Crippen molar-refractivity contribution < 1.29 is 9.59 Å². The molecular weight excluding hydrogens is 294 g/mol. The average Bonchev–Trinajstić information content (AvgIpc) is 2.89. The fraction of sp³-hybridized carbons (Fsp3) is 0.688. The number of carbonyl (C=O) groups is 2. The molecule has 1 aromatic rings. The first-order valence-electron chi connectivity index (χ1n) is 8.21. The van der Waals surface area contributed by atoms with Gasteiger partial charge in [0.25, 0.3) is 0 Å². The predicted octanol–water partition coefficient (Wildman–Crippen LogP) is 0.297. The number of aryl methyl sites for hydroxylation is 1. The van der Waals surface area contributed by atoms with Crippen LogP contribution >= 0.6 is 0 Å². The van der Waals surface area contributed by atoms with Crippen molar-refractivity contribution in [2.75, 3.05) is 19.6 Å². The molecule has 2 rings (SSSR count). The summed E-state index contributed by atoms with van der Waals surface area (Å²) in [6.07, 6.45) is 5.68. The molecule has 0 radical (unpaired) electrons. The zero-order valence-electron chi connectivity index (χ0n) is 14.2. The van der Waals surface area contributed by atoms with E-state index in [4.69, 9.17) is 0 Å². The Kier molecular flexibility index (Phi) is 6.15. The first kappa shape index (κ1) is 17.5. The van der Waals surface area contributed by atoms with Crippen LogP contribution in [0, 0.1) is 6.92 Å². The SMILES string of the molecule is CC(=O)N[C@H]1CCCN(C(=O)CN[C@@H](C)Cn2cc(C)cn2)C1. The van der Waals surface area contributed by atoms with Gasteiger partial charge in [0.1, 0.15) is 0 Å². The zero-order chi connectivity index (χ0) is 16.8. The molecule has 2 heterocycles. The first-order chi connectivity index (χ1) is 10.9. The second-order valence-electron chi connectivity index (χ2n) is 6.40. The van der Waals surface area contributed by atoms with E-state index in [0.717, 1.165) is 31.5 Å². The largest absolute Gasteiger partial charge is 0.352 e. The van der Waals surface area contributed by atoms with Crippen molar-refractivity contribution in [1.82, 2.24) is 25.3 Å². The molecule has 1 aromatic heterocycles. The van der Waals surface area contributed by atoms with Gasteiger partial charge in [0, 0.05) is 38.3 Å². The van der Waals surface area contributed by atoms with Gasteiger partial charge in [-0.15, -0.1) is 0 Å². The number of likely N-dealkylation sites (tertiary alicyclic amines) is 1. The Hall–Kier alpha value is -1.89. The van der Waals surface area contributed by atoms with Crippen molar-refractivity contribution in [1.29, 1.82) is 0 Å². The minimum atomic E-state index is -0.0365. The molecule has 0 bridgehead atoms. The van der Waals surface area contributed by atoms with Crippen LogP contribution in [-0.2, 0) is 16.1 Å². The third-order valence-corrected chi connectivity index (χ3v) is 4.01. The van der Waals surface area contributed by atoms with E-state index in [0.29, 0.717) is 13.1 Å². The Morgan fingerprint density at radius 2 is 2.26 bits per heavy atom. The maximum Gasteiger partial charge on any atom is 0.236 e. The lowest BCUT2D eigenvalue weighted by molar-refractivity contribution is -0.132. The summed E-state index contributed by atoms with van der Waals surface area (Å²) in [5.74, 6) is 0.0501. The third-order valence-electron chi connectivity index (χ3n) is 4.01. The monoisotopic (exact) mass is 321 g/mol. The number of hydrogen-bond donors (Lipinski definition) is 2. The number of nitrogens with one attached hydrogen (secondary N) is 2. The molecule has 1 aliphatic rings. The summed E-state index contributed by atoms with van der Waals surface area (Å²) in [6, 6.07) is 0.240. The summed E-state index contributed by atoms with van der Waals surface area (Å²) in [7, 11) is 0. The Bertz CT molecular complexity index is 542. The number of amides is 2. The van der Waals surface area contributed by atoms with Crippen LogP contribution in [0.3, 0.4) is 0 Å². The highest BCUT2D eigenvalue weighted by molar-refractivity contribution is 5.78. The van der Waals surface area contributed by atoms with Crippen LogP contribution in [0.15, 0.2) is 12.4 Å². The summed E-state index contributed by atoms with van der Waals surface area (Å²) in [5, 5.41) is 10.4. The highest BCUT2D eigenvalue weighted by atomic mass is 16.2. The van der Waals surface area contributed by atoms with Crippen molar-refractivity contribution in [3.05, 3.63) is 18.0 Å². The first-order valence-corrected chi connectivity index (χ1v) is 8.21. The van der Waals surface area contributed by atoms with Gasteiger partial charge < -0.3 is 15.5 Å². The van der Waals surface area contributed by atoms with E-state index < -0.39 is 0 Å². The minimum absolute atomic E-state index is 0.0365. The molecule has 1 saturated heterocycles. The maximum absolute atomic E-state index is 12.3.